The molecule has 0 bridgehead atoms. The average molecular weight is 286 g/mol. The SMILES string of the molecule is CC1(CNC(=O)c2ccc(C(F)(F)F)cc2)CCCN1. The summed E-state index contributed by atoms with van der Waals surface area (Å²) in [6.45, 7) is 3.41. The van der Waals surface area contributed by atoms with Gasteiger partial charge in [-0.25, -0.2) is 0 Å². The molecule has 1 aliphatic rings. The molecular formula is C14H17F3N2O. The van der Waals surface area contributed by atoms with E-state index in [1.54, 1.807) is 0 Å². The number of amides is 1. The molecule has 1 atom stereocenters. The molecule has 3 nitrogen and oxygen atoms in total. The first-order chi connectivity index (χ1) is 9.30. The predicted octanol–water partition coefficient (Wildman–Crippen LogP) is 2.58. The largest absolute Gasteiger partial charge is 0.416 e. The zero-order chi connectivity index (χ0) is 14.8. The summed E-state index contributed by atoms with van der Waals surface area (Å²) in [6.07, 6.45) is -2.34. The van der Waals surface area contributed by atoms with Gasteiger partial charge in [0.2, 0.25) is 0 Å². The van der Waals surface area contributed by atoms with E-state index in [1.165, 1.54) is 12.1 Å². The Balaban J connectivity index is 1.96. The summed E-state index contributed by atoms with van der Waals surface area (Å²) in [5, 5.41) is 6.06. The van der Waals surface area contributed by atoms with E-state index >= 15 is 0 Å². The Labute approximate surface area is 115 Å². The van der Waals surface area contributed by atoms with Crippen molar-refractivity contribution in [2.24, 2.45) is 0 Å². The van der Waals surface area contributed by atoms with Gasteiger partial charge >= 0.3 is 6.18 Å². The minimum Gasteiger partial charge on any atom is -0.350 e. The lowest BCUT2D eigenvalue weighted by molar-refractivity contribution is -0.137. The molecule has 1 aromatic carbocycles. The van der Waals surface area contributed by atoms with Gasteiger partial charge < -0.3 is 10.6 Å². The Bertz CT molecular complexity index is 476. The lowest BCUT2D eigenvalue weighted by atomic mass is 10.0. The van der Waals surface area contributed by atoms with Gasteiger partial charge in [-0.1, -0.05) is 0 Å². The van der Waals surface area contributed by atoms with Crippen molar-refractivity contribution in [3.05, 3.63) is 35.4 Å². The van der Waals surface area contributed by atoms with Crippen molar-refractivity contribution in [3.63, 3.8) is 0 Å². The molecule has 0 radical (unpaired) electrons. The highest BCUT2D eigenvalue weighted by molar-refractivity contribution is 5.94. The fourth-order valence-corrected chi connectivity index (χ4v) is 2.30. The molecule has 1 aliphatic heterocycles. The van der Waals surface area contributed by atoms with E-state index in [1.807, 2.05) is 6.92 Å². The minimum absolute atomic E-state index is 0.123. The number of alkyl halides is 3. The van der Waals surface area contributed by atoms with E-state index in [2.05, 4.69) is 10.6 Å². The van der Waals surface area contributed by atoms with Crippen LogP contribution in [0.1, 0.15) is 35.7 Å². The number of nitrogens with one attached hydrogen (secondary N) is 2. The normalized spacial score (nSPS) is 22.8. The Kier molecular flexibility index (Phi) is 4.04. The van der Waals surface area contributed by atoms with Gasteiger partial charge in [0.15, 0.2) is 0 Å². The number of benzene rings is 1. The van der Waals surface area contributed by atoms with Crippen LogP contribution in [0.3, 0.4) is 0 Å². The number of rotatable bonds is 3. The van der Waals surface area contributed by atoms with E-state index in [4.69, 9.17) is 0 Å². The van der Waals surface area contributed by atoms with Gasteiger partial charge in [0.05, 0.1) is 5.56 Å². The molecule has 1 unspecified atom stereocenters. The predicted molar refractivity (Wildman–Crippen MR) is 69.4 cm³/mol. The number of halogens is 3. The van der Waals surface area contributed by atoms with Crippen molar-refractivity contribution in [3.8, 4) is 0 Å². The minimum atomic E-state index is -4.38. The molecule has 0 aliphatic carbocycles. The van der Waals surface area contributed by atoms with Crippen molar-refractivity contribution >= 4 is 5.91 Å². The highest BCUT2D eigenvalue weighted by Gasteiger charge is 2.31. The highest BCUT2D eigenvalue weighted by Crippen LogP contribution is 2.29. The van der Waals surface area contributed by atoms with Crippen molar-refractivity contribution in [2.45, 2.75) is 31.5 Å². The molecule has 6 heteroatoms. The monoisotopic (exact) mass is 286 g/mol. The quantitative estimate of drug-likeness (QED) is 0.896. The average Bonchev–Trinajstić information content (AvgIpc) is 2.83. The molecule has 0 spiro atoms. The van der Waals surface area contributed by atoms with E-state index in [-0.39, 0.29) is 17.0 Å². The molecule has 0 saturated carbocycles. The van der Waals surface area contributed by atoms with Crippen molar-refractivity contribution in [2.75, 3.05) is 13.1 Å². The van der Waals surface area contributed by atoms with Crippen LogP contribution >= 0.6 is 0 Å². The van der Waals surface area contributed by atoms with Gasteiger partial charge in [0, 0.05) is 17.6 Å². The Hall–Kier alpha value is -1.56. The summed E-state index contributed by atoms with van der Waals surface area (Å²) in [4.78, 5) is 11.9. The Morgan fingerprint density at radius 3 is 2.50 bits per heavy atom. The molecule has 20 heavy (non-hydrogen) atoms. The molecule has 1 aromatic rings. The third-order valence-corrected chi connectivity index (χ3v) is 3.57. The van der Waals surface area contributed by atoms with Crippen molar-refractivity contribution in [1.29, 1.82) is 0 Å². The number of carbonyl (C=O) groups excluding carboxylic acids is 1. The molecule has 0 aromatic heterocycles. The second-order valence-electron chi connectivity index (χ2n) is 5.35. The van der Waals surface area contributed by atoms with Gasteiger partial charge in [-0.3, -0.25) is 4.79 Å². The second kappa shape index (κ2) is 5.44. The number of hydrogen-bond acceptors (Lipinski definition) is 2. The summed E-state index contributed by atoms with van der Waals surface area (Å²) >= 11 is 0. The van der Waals surface area contributed by atoms with E-state index in [9.17, 15) is 18.0 Å². The fraction of sp³-hybridized carbons (Fsp3) is 0.500. The van der Waals surface area contributed by atoms with Crippen LogP contribution in [0.4, 0.5) is 13.2 Å². The van der Waals surface area contributed by atoms with Gasteiger partial charge in [-0.05, 0) is 50.6 Å². The molecular weight excluding hydrogens is 269 g/mol. The van der Waals surface area contributed by atoms with Crippen molar-refractivity contribution in [1.82, 2.24) is 10.6 Å². The van der Waals surface area contributed by atoms with Gasteiger partial charge in [0.1, 0.15) is 0 Å². The molecule has 1 saturated heterocycles. The third kappa shape index (κ3) is 3.50. The lowest BCUT2D eigenvalue weighted by Crippen LogP contribution is -2.47. The van der Waals surface area contributed by atoms with Crippen LogP contribution in [0.5, 0.6) is 0 Å². The van der Waals surface area contributed by atoms with Crippen LogP contribution in [0.15, 0.2) is 24.3 Å². The summed E-state index contributed by atoms with van der Waals surface area (Å²) in [6, 6.07) is 4.24. The number of hydrogen-bond donors (Lipinski definition) is 2. The number of carbonyl (C=O) groups is 1. The van der Waals surface area contributed by atoms with Crippen LogP contribution in [0, 0.1) is 0 Å². The first-order valence-electron chi connectivity index (χ1n) is 6.51. The fourth-order valence-electron chi connectivity index (χ4n) is 2.30. The summed E-state index contributed by atoms with van der Waals surface area (Å²) < 4.78 is 37.2. The molecule has 1 fully saturated rings. The van der Waals surface area contributed by atoms with Crippen LogP contribution in [-0.2, 0) is 6.18 Å². The smallest absolute Gasteiger partial charge is 0.350 e. The Morgan fingerprint density at radius 1 is 1.35 bits per heavy atom. The molecule has 110 valence electrons. The summed E-state index contributed by atoms with van der Waals surface area (Å²) in [5.41, 5.74) is -0.639. The van der Waals surface area contributed by atoms with E-state index < -0.39 is 11.7 Å². The van der Waals surface area contributed by atoms with Gasteiger partial charge in [-0.15, -0.1) is 0 Å². The second-order valence-corrected chi connectivity index (χ2v) is 5.35. The third-order valence-electron chi connectivity index (χ3n) is 3.57. The van der Waals surface area contributed by atoms with Gasteiger partial charge in [-0.2, -0.15) is 13.2 Å². The van der Waals surface area contributed by atoms with Crippen LogP contribution < -0.4 is 10.6 Å². The maximum absolute atomic E-state index is 12.4. The topological polar surface area (TPSA) is 41.1 Å². The summed E-state index contributed by atoms with van der Waals surface area (Å²) in [5.74, 6) is -0.353. The molecule has 1 heterocycles. The van der Waals surface area contributed by atoms with Crippen LogP contribution in [-0.4, -0.2) is 24.5 Å². The highest BCUT2D eigenvalue weighted by atomic mass is 19.4. The first-order valence-corrected chi connectivity index (χ1v) is 6.51. The van der Waals surface area contributed by atoms with E-state index in [0.717, 1.165) is 31.5 Å². The standard InChI is InChI=1S/C14H17F3N2O/c1-13(7-2-8-19-13)9-18-12(20)10-3-5-11(6-4-10)14(15,16)17/h3-6,19H,2,7-9H2,1H3,(H,18,20). The van der Waals surface area contributed by atoms with E-state index in [0.29, 0.717) is 6.54 Å². The van der Waals surface area contributed by atoms with Crippen LogP contribution in [0.25, 0.3) is 0 Å². The zero-order valence-corrected chi connectivity index (χ0v) is 11.2. The molecule has 1 amide bonds. The lowest BCUT2D eigenvalue weighted by Gasteiger charge is -2.24. The molecule has 2 rings (SSSR count). The maximum atomic E-state index is 12.4. The maximum Gasteiger partial charge on any atom is 0.416 e. The van der Waals surface area contributed by atoms with Gasteiger partial charge in [0.25, 0.3) is 5.91 Å². The van der Waals surface area contributed by atoms with Crippen LogP contribution in [0.2, 0.25) is 0 Å². The van der Waals surface area contributed by atoms with Crippen molar-refractivity contribution < 1.29 is 18.0 Å². The zero-order valence-electron chi connectivity index (χ0n) is 11.2. The summed E-state index contributed by atoms with van der Waals surface area (Å²) in [7, 11) is 0. The first kappa shape index (κ1) is 14.8. The Morgan fingerprint density at radius 2 is 2.00 bits per heavy atom. The molecule has 2 N–H and O–H groups in total.